The number of hydrogen-bond donors (Lipinski definition) is 3. The Bertz CT molecular complexity index is 186. The molecule has 12 heavy (non-hydrogen) atoms. The van der Waals surface area contributed by atoms with Crippen molar-refractivity contribution in [3.63, 3.8) is 0 Å². The zero-order valence-corrected chi connectivity index (χ0v) is 8.03. The van der Waals surface area contributed by atoms with Gasteiger partial charge in [0.15, 0.2) is 8.03 Å². The molecular formula is C6H15N2O3P. The van der Waals surface area contributed by atoms with Gasteiger partial charge in [0.05, 0.1) is 0 Å². The third-order valence-corrected chi connectivity index (χ3v) is 2.79. The van der Waals surface area contributed by atoms with Crippen LogP contribution in [0.15, 0.2) is 5.16 Å². The standard InChI is InChI=1S/C6H15N2O3P/c1-2-6(7,3-4-8-9)5-12(10)11/h4,9,12H,2-3,5,7H2,1H3,(H,10,11). The Hall–Kier alpha value is -0.380. The van der Waals surface area contributed by atoms with Crippen molar-refractivity contribution in [1.82, 2.24) is 0 Å². The Morgan fingerprint density at radius 3 is 2.67 bits per heavy atom. The lowest BCUT2D eigenvalue weighted by Crippen LogP contribution is -2.42. The van der Waals surface area contributed by atoms with Gasteiger partial charge in [0.1, 0.15) is 0 Å². The predicted octanol–water partition coefficient (Wildman–Crippen LogP) is 0.411. The highest BCUT2D eigenvalue weighted by molar-refractivity contribution is 7.38. The summed E-state index contributed by atoms with van der Waals surface area (Å²) in [4.78, 5) is 8.68. The van der Waals surface area contributed by atoms with Gasteiger partial charge in [0.25, 0.3) is 0 Å². The van der Waals surface area contributed by atoms with Crippen LogP contribution in [-0.2, 0) is 4.57 Å². The van der Waals surface area contributed by atoms with Gasteiger partial charge in [-0.1, -0.05) is 6.92 Å². The van der Waals surface area contributed by atoms with Crippen molar-refractivity contribution in [3.05, 3.63) is 0 Å². The first-order valence-electron chi connectivity index (χ1n) is 3.70. The van der Waals surface area contributed by atoms with E-state index in [9.17, 15) is 4.57 Å². The van der Waals surface area contributed by atoms with E-state index in [-0.39, 0.29) is 6.16 Å². The number of oxime groups is 1. The Morgan fingerprint density at radius 1 is 1.75 bits per heavy atom. The molecule has 0 aliphatic heterocycles. The molecule has 0 bridgehead atoms. The highest BCUT2D eigenvalue weighted by atomic mass is 31.1. The molecule has 0 aromatic heterocycles. The van der Waals surface area contributed by atoms with Crippen LogP contribution in [0.2, 0.25) is 0 Å². The van der Waals surface area contributed by atoms with Crippen LogP contribution < -0.4 is 5.73 Å². The Kier molecular flexibility index (Phi) is 5.13. The molecule has 0 aromatic rings. The van der Waals surface area contributed by atoms with Crippen LogP contribution in [0.25, 0.3) is 0 Å². The van der Waals surface area contributed by atoms with E-state index < -0.39 is 13.6 Å². The lowest BCUT2D eigenvalue weighted by atomic mass is 9.97. The Labute approximate surface area is 72.1 Å². The second kappa shape index (κ2) is 5.30. The van der Waals surface area contributed by atoms with Gasteiger partial charge >= 0.3 is 0 Å². The van der Waals surface area contributed by atoms with Crippen molar-refractivity contribution in [3.8, 4) is 0 Å². The summed E-state index contributed by atoms with van der Waals surface area (Å²) in [6, 6.07) is 0. The van der Waals surface area contributed by atoms with Crippen molar-refractivity contribution in [2.75, 3.05) is 6.16 Å². The zero-order chi connectivity index (χ0) is 9.61. The summed E-state index contributed by atoms with van der Waals surface area (Å²) in [7, 11) is -2.55. The molecule has 0 fully saturated rings. The van der Waals surface area contributed by atoms with Crippen LogP contribution in [0.3, 0.4) is 0 Å². The Balaban J connectivity index is 4.13. The highest BCUT2D eigenvalue weighted by Gasteiger charge is 2.23. The molecule has 4 N–H and O–H groups in total. The van der Waals surface area contributed by atoms with E-state index in [1.54, 1.807) is 0 Å². The number of rotatable bonds is 5. The molecule has 2 atom stereocenters. The van der Waals surface area contributed by atoms with Crippen LogP contribution >= 0.6 is 8.03 Å². The summed E-state index contributed by atoms with van der Waals surface area (Å²) in [6.45, 7) is 1.83. The fraction of sp³-hybridized carbons (Fsp3) is 0.833. The van der Waals surface area contributed by atoms with Crippen LogP contribution in [0.4, 0.5) is 0 Å². The molecule has 2 unspecified atom stereocenters. The molecule has 0 amide bonds. The average Bonchev–Trinajstić information content (AvgIpc) is 2.00. The molecule has 0 aliphatic rings. The minimum absolute atomic E-state index is 0.0696. The summed E-state index contributed by atoms with van der Waals surface area (Å²) >= 11 is 0. The Morgan fingerprint density at radius 2 is 2.33 bits per heavy atom. The first-order valence-corrected chi connectivity index (χ1v) is 5.27. The maximum absolute atomic E-state index is 10.5. The molecule has 0 spiro atoms. The van der Waals surface area contributed by atoms with Crippen LogP contribution in [-0.4, -0.2) is 28.0 Å². The van der Waals surface area contributed by atoms with Crippen LogP contribution in [0, 0.1) is 0 Å². The molecule has 0 aliphatic carbocycles. The first kappa shape index (κ1) is 11.6. The minimum Gasteiger partial charge on any atom is -0.411 e. The minimum atomic E-state index is -2.55. The second-order valence-electron chi connectivity index (χ2n) is 2.79. The van der Waals surface area contributed by atoms with Gasteiger partial charge in [-0.15, -0.1) is 5.16 Å². The normalized spacial score (nSPS) is 19.2. The maximum Gasteiger partial charge on any atom is 0.190 e. The maximum atomic E-state index is 10.5. The van der Waals surface area contributed by atoms with Crippen molar-refractivity contribution in [2.24, 2.45) is 10.9 Å². The van der Waals surface area contributed by atoms with Gasteiger partial charge in [0.2, 0.25) is 0 Å². The van der Waals surface area contributed by atoms with Gasteiger partial charge in [-0.2, -0.15) is 0 Å². The molecule has 5 nitrogen and oxygen atoms in total. The molecule has 0 rings (SSSR count). The number of nitrogens with zero attached hydrogens (tertiary/aromatic N) is 1. The summed E-state index contributed by atoms with van der Waals surface area (Å²) in [6.07, 6.45) is 2.21. The molecule has 6 heteroatoms. The van der Waals surface area contributed by atoms with E-state index in [0.717, 1.165) is 0 Å². The molecule has 0 saturated carbocycles. The molecule has 72 valence electrons. The fourth-order valence-electron chi connectivity index (χ4n) is 0.865. The molecule has 0 saturated heterocycles. The van der Waals surface area contributed by atoms with Crippen molar-refractivity contribution < 1.29 is 14.7 Å². The SMILES string of the molecule is CCC(N)(CC=NO)C[PH](=O)O. The van der Waals surface area contributed by atoms with E-state index in [1.165, 1.54) is 6.21 Å². The van der Waals surface area contributed by atoms with Crippen molar-refractivity contribution >= 4 is 14.2 Å². The van der Waals surface area contributed by atoms with E-state index in [1.807, 2.05) is 6.92 Å². The topological polar surface area (TPSA) is 95.9 Å². The van der Waals surface area contributed by atoms with Gasteiger partial charge in [-0.3, -0.25) is 4.57 Å². The van der Waals surface area contributed by atoms with E-state index in [4.69, 9.17) is 15.8 Å². The van der Waals surface area contributed by atoms with Crippen LogP contribution in [0.1, 0.15) is 19.8 Å². The summed E-state index contributed by atoms with van der Waals surface area (Å²) in [5.74, 6) is 0. The second-order valence-corrected chi connectivity index (χ2v) is 3.93. The molecular weight excluding hydrogens is 179 g/mol. The zero-order valence-electron chi connectivity index (χ0n) is 7.03. The van der Waals surface area contributed by atoms with Gasteiger partial charge in [0, 0.05) is 24.3 Å². The monoisotopic (exact) mass is 194 g/mol. The number of nitrogens with two attached hydrogens (primary N) is 1. The fourth-order valence-corrected chi connectivity index (χ4v) is 1.86. The smallest absolute Gasteiger partial charge is 0.190 e. The third-order valence-electron chi connectivity index (χ3n) is 1.79. The summed E-state index contributed by atoms with van der Waals surface area (Å²) < 4.78 is 10.5. The molecule has 0 heterocycles. The van der Waals surface area contributed by atoms with Crippen LogP contribution in [0.5, 0.6) is 0 Å². The highest BCUT2D eigenvalue weighted by Crippen LogP contribution is 2.24. The quantitative estimate of drug-likeness (QED) is 0.255. The predicted molar refractivity (Wildman–Crippen MR) is 48.2 cm³/mol. The summed E-state index contributed by atoms with van der Waals surface area (Å²) in [5.41, 5.74) is 5.04. The van der Waals surface area contributed by atoms with E-state index >= 15 is 0 Å². The largest absolute Gasteiger partial charge is 0.411 e. The van der Waals surface area contributed by atoms with E-state index in [0.29, 0.717) is 12.8 Å². The average molecular weight is 194 g/mol. The van der Waals surface area contributed by atoms with Gasteiger partial charge in [-0.05, 0) is 6.42 Å². The first-order chi connectivity index (χ1) is 5.54. The summed E-state index contributed by atoms with van der Waals surface area (Å²) in [5, 5.41) is 10.9. The van der Waals surface area contributed by atoms with Crippen molar-refractivity contribution in [2.45, 2.75) is 25.3 Å². The lowest BCUT2D eigenvalue weighted by Gasteiger charge is -2.24. The molecule has 0 aromatic carbocycles. The van der Waals surface area contributed by atoms with Gasteiger partial charge < -0.3 is 15.8 Å². The molecule has 0 radical (unpaired) electrons. The van der Waals surface area contributed by atoms with Crippen molar-refractivity contribution in [1.29, 1.82) is 0 Å². The third kappa shape index (κ3) is 4.49. The van der Waals surface area contributed by atoms with E-state index in [2.05, 4.69) is 5.16 Å². The van der Waals surface area contributed by atoms with Gasteiger partial charge in [-0.25, -0.2) is 0 Å². The lowest BCUT2D eigenvalue weighted by molar-refractivity contribution is 0.318. The number of hydrogen-bond acceptors (Lipinski definition) is 4.